The summed E-state index contributed by atoms with van der Waals surface area (Å²) in [4.78, 5) is 26.3. The Balaban J connectivity index is 1.75. The molecular weight excluding hydrogens is 270 g/mol. The average molecular weight is 297 g/mol. The first-order chi connectivity index (χ1) is 10.1. The quantitative estimate of drug-likeness (QED) is 0.610. The van der Waals surface area contributed by atoms with Crippen LogP contribution in [0.15, 0.2) is 0 Å². The Labute approximate surface area is 126 Å². The molecule has 0 spiro atoms. The lowest BCUT2D eigenvalue weighted by atomic mass is 9.93. The van der Waals surface area contributed by atoms with Gasteiger partial charge in [-0.05, 0) is 39.2 Å². The van der Waals surface area contributed by atoms with E-state index in [1.165, 1.54) is 0 Å². The first-order valence-electron chi connectivity index (χ1n) is 8.04. The van der Waals surface area contributed by atoms with Crippen molar-refractivity contribution in [2.24, 2.45) is 11.8 Å². The first-order valence-corrected chi connectivity index (χ1v) is 8.04. The van der Waals surface area contributed by atoms with E-state index in [2.05, 4.69) is 17.6 Å². The van der Waals surface area contributed by atoms with Crippen molar-refractivity contribution in [1.82, 2.24) is 15.5 Å². The summed E-state index contributed by atoms with van der Waals surface area (Å²) >= 11 is 0. The summed E-state index contributed by atoms with van der Waals surface area (Å²) in [6.07, 6.45) is 2.99. The highest BCUT2D eigenvalue weighted by Gasteiger charge is 2.35. The largest absolute Gasteiger partial charge is 0.396 e. The molecule has 2 amide bonds. The Morgan fingerprint density at radius 3 is 2.57 bits per heavy atom. The maximum Gasteiger partial charge on any atom is 0.227 e. The van der Waals surface area contributed by atoms with Gasteiger partial charge in [-0.2, -0.15) is 0 Å². The van der Waals surface area contributed by atoms with Crippen LogP contribution in [-0.2, 0) is 9.59 Å². The van der Waals surface area contributed by atoms with E-state index in [1.807, 2.05) is 4.90 Å². The van der Waals surface area contributed by atoms with Gasteiger partial charge in [0.2, 0.25) is 11.8 Å². The number of carbonyl (C=O) groups is 2. The van der Waals surface area contributed by atoms with Crippen LogP contribution in [0.5, 0.6) is 0 Å². The molecule has 120 valence electrons. The molecule has 6 heteroatoms. The predicted octanol–water partition coefficient (Wildman–Crippen LogP) is -0.278. The molecular formula is C15H27N3O3. The zero-order chi connectivity index (χ0) is 15.2. The zero-order valence-electron chi connectivity index (χ0n) is 12.8. The van der Waals surface area contributed by atoms with Gasteiger partial charge in [-0.25, -0.2) is 0 Å². The maximum absolute atomic E-state index is 12.5. The van der Waals surface area contributed by atoms with Crippen LogP contribution < -0.4 is 10.6 Å². The lowest BCUT2D eigenvalue weighted by Gasteiger charge is -2.33. The van der Waals surface area contributed by atoms with Crippen LogP contribution in [0.1, 0.15) is 32.6 Å². The summed E-state index contributed by atoms with van der Waals surface area (Å²) in [5, 5.41) is 14.9. The van der Waals surface area contributed by atoms with Crippen molar-refractivity contribution in [2.75, 3.05) is 32.8 Å². The number of hydrogen-bond donors (Lipinski definition) is 3. The number of piperidine rings is 1. The molecule has 2 aliphatic heterocycles. The van der Waals surface area contributed by atoms with Gasteiger partial charge < -0.3 is 20.6 Å². The van der Waals surface area contributed by atoms with E-state index < -0.39 is 0 Å². The molecule has 2 aliphatic rings. The molecule has 0 aliphatic carbocycles. The topological polar surface area (TPSA) is 81.7 Å². The van der Waals surface area contributed by atoms with Crippen LogP contribution in [0.2, 0.25) is 0 Å². The Hall–Kier alpha value is -1.14. The predicted molar refractivity (Wildman–Crippen MR) is 79.6 cm³/mol. The van der Waals surface area contributed by atoms with Gasteiger partial charge >= 0.3 is 0 Å². The number of amides is 2. The SMILES string of the molecule is CC1NCCC1C(=O)N1CCC(C(=O)NCCCO)CC1. The molecule has 2 heterocycles. The standard InChI is InChI=1S/C15H27N3O3/c1-11-13(3-7-16-11)15(21)18-8-4-12(5-9-18)14(20)17-6-2-10-19/h11-13,16,19H,2-10H2,1H3,(H,17,20). The second kappa shape index (κ2) is 7.75. The van der Waals surface area contributed by atoms with Gasteiger partial charge in [0.1, 0.15) is 0 Å². The minimum Gasteiger partial charge on any atom is -0.396 e. The van der Waals surface area contributed by atoms with Gasteiger partial charge in [-0.15, -0.1) is 0 Å². The average Bonchev–Trinajstić information content (AvgIpc) is 2.93. The zero-order valence-corrected chi connectivity index (χ0v) is 12.8. The number of likely N-dealkylation sites (tertiary alicyclic amines) is 1. The van der Waals surface area contributed by atoms with E-state index in [9.17, 15) is 9.59 Å². The number of aliphatic hydroxyl groups excluding tert-OH is 1. The van der Waals surface area contributed by atoms with Crippen LogP contribution in [0.4, 0.5) is 0 Å². The Morgan fingerprint density at radius 1 is 1.29 bits per heavy atom. The molecule has 2 rings (SSSR count). The summed E-state index contributed by atoms with van der Waals surface area (Å²) in [7, 11) is 0. The Morgan fingerprint density at radius 2 is 2.00 bits per heavy atom. The van der Waals surface area contributed by atoms with Gasteiger partial charge in [0.15, 0.2) is 0 Å². The number of carbonyl (C=O) groups excluding carboxylic acids is 2. The smallest absolute Gasteiger partial charge is 0.227 e. The normalized spacial score (nSPS) is 26.9. The van der Waals surface area contributed by atoms with Crippen LogP contribution in [0.25, 0.3) is 0 Å². The van der Waals surface area contributed by atoms with Crippen molar-refractivity contribution >= 4 is 11.8 Å². The molecule has 2 fully saturated rings. The number of hydrogen-bond acceptors (Lipinski definition) is 4. The lowest BCUT2D eigenvalue weighted by Crippen LogP contribution is -2.46. The molecule has 3 N–H and O–H groups in total. The monoisotopic (exact) mass is 297 g/mol. The summed E-state index contributed by atoms with van der Waals surface area (Å²) in [6, 6.07) is 0.261. The Bertz CT molecular complexity index is 367. The molecule has 0 aromatic rings. The van der Waals surface area contributed by atoms with Crippen LogP contribution >= 0.6 is 0 Å². The van der Waals surface area contributed by atoms with Crippen LogP contribution in [-0.4, -0.2) is 60.6 Å². The van der Waals surface area contributed by atoms with E-state index in [0.717, 1.165) is 25.8 Å². The second-order valence-electron chi connectivity index (χ2n) is 6.11. The highest BCUT2D eigenvalue weighted by molar-refractivity contribution is 5.81. The fourth-order valence-electron chi connectivity index (χ4n) is 3.23. The molecule has 0 saturated carbocycles. The Kier molecular flexibility index (Phi) is 5.99. The fraction of sp³-hybridized carbons (Fsp3) is 0.867. The van der Waals surface area contributed by atoms with Gasteiger partial charge in [-0.1, -0.05) is 0 Å². The lowest BCUT2D eigenvalue weighted by molar-refractivity contribution is -0.139. The van der Waals surface area contributed by atoms with Gasteiger partial charge in [-0.3, -0.25) is 9.59 Å². The molecule has 0 bridgehead atoms. The molecule has 2 saturated heterocycles. The highest BCUT2D eigenvalue weighted by atomic mass is 16.3. The second-order valence-corrected chi connectivity index (χ2v) is 6.11. The van der Waals surface area contributed by atoms with Crippen LogP contribution in [0, 0.1) is 11.8 Å². The van der Waals surface area contributed by atoms with Gasteiger partial charge in [0.05, 0.1) is 5.92 Å². The summed E-state index contributed by atoms with van der Waals surface area (Å²) < 4.78 is 0. The number of rotatable bonds is 5. The maximum atomic E-state index is 12.5. The third-order valence-corrected chi connectivity index (χ3v) is 4.65. The molecule has 2 unspecified atom stereocenters. The van der Waals surface area contributed by atoms with Crippen molar-refractivity contribution in [1.29, 1.82) is 0 Å². The molecule has 0 aromatic heterocycles. The summed E-state index contributed by atoms with van der Waals surface area (Å²) in [6.45, 7) is 4.97. The first kappa shape index (κ1) is 16.2. The van der Waals surface area contributed by atoms with Gasteiger partial charge in [0, 0.05) is 38.2 Å². The van der Waals surface area contributed by atoms with E-state index in [4.69, 9.17) is 5.11 Å². The van der Waals surface area contributed by atoms with E-state index in [0.29, 0.717) is 26.1 Å². The van der Waals surface area contributed by atoms with Crippen molar-refractivity contribution in [3.63, 3.8) is 0 Å². The molecule has 0 aromatic carbocycles. The number of nitrogens with one attached hydrogen (secondary N) is 2. The summed E-state index contributed by atoms with van der Waals surface area (Å²) in [5.41, 5.74) is 0. The van der Waals surface area contributed by atoms with Crippen molar-refractivity contribution in [2.45, 2.75) is 38.6 Å². The number of aliphatic hydroxyl groups is 1. The minimum atomic E-state index is 0.00636. The van der Waals surface area contributed by atoms with E-state index in [-0.39, 0.29) is 36.3 Å². The third-order valence-electron chi connectivity index (χ3n) is 4.65. The highest BCUT2D eigenvalue weighted by Crippen LogP contribution is 2.23. The van der Waals surface area contributed by atoms with E-state index in [1.54, 1.807) is 0 Å². The van der Waals surface area contributed by atoms with Crippen LogP contribution in [0.3, 0.4) is 0 Å². The molecule has 21 heavy (non-hydrogen) atoms. The molecule has 2 atom stereocenters. The van der Waals surface area contributed by atoms with Crippen molar-refractivity contribution < 1.29 is 14.7 Å². The minimum absolute atomic E-state index is 0.00636. The fourth-order valence-corrected chi connectivity index (χ4v) is 3.23. The van der Waals surface area contributed by atoms with Gasteiger partial charge in [0.25, 0.3) is 0 Å². The van der Waals surface area contributed by atoms with Crippen molar-refractivity contribution in [3.8, 4) is 0 Å². The molecule has 6 nitrogen and oxygen atoms in total. The summed E-state index contributed by atoms with van der Waals surface area (Å²) in [5.74, 6) is 0.407. The number of nitrogens with zero attached hydrogens (tertiary/aromatic N) is 1. The van der Waals surface area contributed by atoms with Crippen molar-refractivity contribution in [3.05, 3.63) is 0 Å². The third kappa shape index (κ3) is 4.17. The molecule has 0 radical (unpaired) electrons. The van der Waals surface area contributed by atoms with E-state index >= 15 is 0 Å².